The molecule has 1 unspecified atom stereocenters. The van der Waals surface area contributed by atoms with Gasteiger partial charge in [-0.2, -0.15) is 0 Å². The first-order chi connectivity index (χ1) is 6.40. The van der Waals surface area contributed by atoms with Gasteiger partial charge in [-0.1, -0.05) is 37.0 Å². The second kappa shape index (κ2) is 3.47. The second-order valence-electron chi connectivity index (χ2n) is 4.35. The molecule has 0 saturated heterocycles. The van der Waals surface area contributed by atoms with Gasteiger partial charge in [-0.15, -0.1) is 23.2 Å². The minimum Gasteiger partial charge on any atom is -0.237 e. The van der Waals surface area contributed by atoms with Crippen molar-refractivity contribution in [1.82, 2.24) is 0 Å². The highest BCUT2D eigenvalue weighted by atomic mass is 35.5. The van der Waals surface area contributed by atoms with Crippen LogP contribution in [0.1, 0.15) is 20.3 Å². The molecule has 0 aliphatic heterocycles. The molecule has 1 atom stereocenters. The van der Waals surface area contributed by atoms with Crippen molar-refractivity contribution in [3.05, 3.63) is 0 Å². The van der Waals surface area contributed by atoms with Crippen LogP contribution < -0.4 is 0 Å². The average Bonchev–Trinajstić information content (AvgIpc) is 2.06. The Morgan fingerprint density at radius 1 is 1.07 bits per heavy atom. The third-order valence-electron chi connectivity index (χ3n) is 2.87. The van der Waals surface area contributed by atoms with E-state index in [1.165, 1.54) is 13.8 Å². The van der Waals surface area contributed by atoms with Crippen LogP contribution in [0.4, 0.5) is 13.2 Å². The van der Waals surface area contributed by atoms with Gasteiger partial charge in [0, 0.05) is 11.8 Å². The fourth-order valence-corrected chi connectivity index (χ4v) is 3.92. The largest absolute Gasteiger partial charge is 0.284 e. The van der Waals surface area contributed by atoms with E-state index in [1.54, 1.807) is 0 Å². The number of halogens is 7. The van der Waals surface area contributed by atoms with Gasteiger partial charge < -0.3 is 0 Å². The van der Waals surface area contributed by atoms with Gasteiger partial charge in [0.2, 0.25) is 4.33 Å². The second-order valence-corrected chi connectivity index (χ2v) is 6.78. The lowest BCUT2D eigenvalue weighted by Crippen LogP contribution is -2.55. The maximum absolute atomic E-state index is 14.5. The van der Waals surface area contributed by atoms with Gasteiger partial charge in [-0.3, -0.25) is 0 Å². The lowest BCUT2D eigenvalue weighted by molar-refractivity contribution is -0.0182. The summed E-state index contributed by atoms with van der Waals surface area (Å²) in [5, 5.41) is 0. The number of alkyl halides is 7. The van der Waals surface area contributed by atoms with Crippen LogP contribution in [0, 0.1) is 5.41 Å². The molecule has 0 nitrogen and oxygen atoms in total. The van der Waals surface area contributed by atoms with E-state index in [2.05, 4.69) is 0 Å². The van der Waals surface area contributed by atoms with E-state index >= 15 is 0 Å². The predicted octanol–water partition coefficient (Wildman–Crippen LogP) is 4.74. The van der Waals surface area contributed by atoms with E-state index in [-0.39, 0.29) is 0 Å². The van der Waals surface area contributed by atoms with Crippen molar-refractivity contribution in [3.8, 4) is 0 Å². The first kappa shape index (κ1) is 14.0. The number of hydrogen-bond acceptors (Lipinski definition) is 0. The molecule has 0 spiro atoms. The van der Waals surface area contributed by atoms with Crippen LogP contribution in [0.5, 0.6) is 0 Å². The van der Waals surface area contributed by atoms with Crippen LogP contribution in [0.25, 0.3) is 0 Å². The predicted molar refractivity (Wildman–Crippen MR) is 57.1 cm³/mol. The zero-order valence-corrected chi connectivity index (χ0v) is 11.0. The minimum absolute atomic E-state index is 0.806. The van der Waals surface area contributed by atoms with Crippen molar-refractivity contribution in [2.24, 2.45) is 5.41 Å². The van der Waals surface area contributed by atoms with Gasteiger partial charge in [0.15, 0.2) is 5.67 Å². The lowest BCUT2D eigenvalue weighted by atomic mass is 9.80. The number of hydrogen-bond donors (Lipinski definition) is 0. The molecule has 0 aromatic rings. The molecule has 0 heterocycles. The molecule has 1 aliphatic carbocycles. The van der Waals surface area contributed by atoms with Crippen LogP contribution in [0.15, 0.2) is 0 Å². The Hall–Kier alpha value is 0.950. The van der Waals surface area contributed by atoms with E-state index in [9.17, 15) is 13.2 Å². The van der Waals surface area contributed by atoms with Crippen LogP contribution in [-0.2, 0) is 0 Å². The van der Waals surface area contributed by atoms with Crippen molar-refractivity contribution in [1.29, 1.82) is 0 Å². The van der Waals surface area contributed by atoms with Gasteiger partial charge >= 0.3 is 0 Å². The third kappa shape index (κ3) is 1.57. The third-order valence-corrected chi connectivity index (χ3v) is 4.57. The summed E-state index contributed by atoms with van der Waals surface area (Å²) in [4.78, 5) is -1.73. The van der Waals surface area contributed by atoms with Gasteiger partial charge in [0.05, 0.1) is 0 Å². The number of rotatable bonds is 1. The quantitative estimate of drug-likeness (QED) is 0.614. The monoisotopic (exact) mass is 302 g/mol. The summed E-state index contributed by atoms with van der Waals surface area (Å²) in [6, 6.07) is 0. The van der Waals surface area contributed by atoms with Gasteiger partial charge in [-0.05, 0) is 0 Å². The highest BCUT2D eigenvalue weighted by Crippen LogP contribution is 2.68. The Morgan fingerprint density at radius 2 is 1.47 bits per heavy atom. The zero-order chi connectivity index (χ0) is 12.3. The SMILES string of the molecule is CC1(C)CC(F)(F)C(Cl)(Cl)C1(F)C(Cl)Cl. The maximum atomic E-state index is 14.5. The summed E-state index contributed by atoms with van der Waals surface area (Å²) in [5.74, 6) is -3.57. The lowest BCUT2D eigenvalue weighted by Gasteiger charge is -2.40. The van der Waals surface area contributed by atoms with Crippen molar-refractivity contribution >= 4 is 46.4 Å². The van der Waals surface area contributed by atoms with Gasteiger partial charge in [-0.25, -0.2) is 13.2 Å². The summed E-state index contributed by atoms with van der Waals surface area (Å²) in [7, 11) is 0. The standard InChI is InChI=1S/C8H9Cl4F3/c1-5(2)3-6(13,14)8(11,12)7(5,15)4(9)10/h4H,3H2,1-2H3. The molecule has 15 heavy (non-hydrogen) atoms. The molecule has 7 heteroatoms. The van der Waals surface area contributed by atoms with E-state index in [4.69, 9.17) is 46.4 Å². The molecular formula is C8H9Cl4F3. The summed E-state index contributed by atoms with van der Waals surface area (Å²) >= 11 is 21.7. The highest BCUT2D eigenvalue weighted by Gasteiger charge is 2.79. The van der Waals surface area contributed by atoms with Crippen LogP contribution in [0.3, 0.4) is 0 Å². The Morgan fingerprint density at radius 3 is 1.60 bits per heavy atom. The maximum Gasteiger partial charge on any atom is 0.284 e. The zero-order valence-electron chi connectivity index (χ0n) is 7.93. The summed E-state index contributed by atoms with van der Waals surface area (Å²) < 4.78 is 38.5. The molecule has 1 saturated carbocycles. The molecular weight excluding hydrogens is 295 g/mol. The summed E-state index contributed by atoms with van der Waals surface area (Å²) in [5.41, 5.74) is -4.27. The highest BCUT2D eigenvalue weighted by molar-refractivity contribution is 6.53. The van der Waals surface area contributed by atoms with Gasteiger partial charge in [0.1, 0.15) is 4.84 Å². The Balaban J connectivity index is 3.37. The Kier molecular flexibility index (Phi) is 3.24. The van der Waals surface area contributed by atoms with Crippen LogP contribution in [0.2, 0.25) is 0 Å². The van der Waals surface area contributed by atoms with E-state index < -0.39 is 32.6 Å². The fourth-order valence-electron chi connectivity index (χ4n) is 1.92. The molecule has 0 bridgehead atoms. The molecule has 0 radical (unpaired) electrons. The first-order valence-electron chi connectivity index (χ1n) is 4.13. The summed E-state index contributed by atoms with van der Waals surface area (Å²) in [6.45, 7) is 2.54. The molecule has 0 aromatic heterocycles. The van der Waals surface area contributed by atoms with Crippen molar-refractivity contribution in [2.75, 3.05) is 0 Å². The van der Waals surface area contributed by atoms with Crippen molar-refractivity contribution in [3.63, 3.8) is 0 Å². The van der Waals surface area contributed by atoms with E-state index in [0.717, 1.165) is 0 Å². The average molecular weight is 304 g/mol. The Labute approximate surface area is 106 Å². The normalized spacial score (nSPS) is 37.2. The molecule has 1 rings (SSSR count). The summed E-state index contributed by atoms with van der Waals surface area (Å²) in [6.07, 6.45) is -0.806. The Bertz CT molecular complexity index is 277. The van der Waals surface area contributed by atoms with Crippen molar-refractivity contribution < 1.29 is 13.2 Å². The first-order valence-corrected chi connectivity index (χ1v) is 5.76. The minimum atomic E-state index is -3.57. The topological polar surface area (TPSA) is 0 Å². The van der Waals surface area contributed by atoms with Crippen LogP contribution in [-0.4, -0.2) is 20.8 Å². The van der Waals surface area contributed by atoms with Crippen molar-refractivity contribution in [2.45, 2.75) is 41.0 Å². The van der Waals surface area contributed by atoms with Gasteiger partial charge in [0.25, 0.3) is 5.92 Å². The molecule has 1 fully saturated rings. The smallest absolute Gasteiger partial charge is 0.237 e. The fraction of sp³-hybridized carbons (Fsp3) is 1.00. The molecule has 1 aliphatic rings. The molecule has 0 aromatic carbocycles. The molecule has 0 N–H and O–H groups in total. The van der Waals surface area contributed by atoms with E-state index in [0.29, 0.717) is 0 Å². The molecule has 90 valence electrons. The van der Waals surface area contributed by atoms with E-state index in [1.807, 2.05) is 0 Å². The molecule has 0 amide bonds. The van der Waals surface area contributed by atoms with Crippen LogP contribution >= 0.6 is 46.4 Å².